The molecule has 19 heavy (non-hydrogen) atoms. The molecule has 3 heteroatoms. The second kappa shape index (κ2) is 10.3. The second-order valence-corrected chi connectivity index (χ2v) is 6.39. The summed E-state index contributed by atoms with van der Waals surface area (Å²) >= 11 is 1.94. The molecule has 0 atom stereocenters. The third-order valence-corrected chi connectivity index (χ3v) is 3.87. The summed E-state index contributed by atoms with van der Waals surface area (Å²) in [5.74, 6) is 1.88. The molecular weight excluding hydrogens is 254 g/mol. The molecule has 0 radical (unpaired) electrons. The number of thioether (sulfide) groups is 1. The molecule has 0 aliphatic carbocycles. The van der Waals surface area contributed by atoms with Crippen LogP contribution in [0.5, 0.6) is 0 Å². The average Bonchev–Trinajstić information content (AvgIpc) is 2.39. The van der Waals surface area contributed by atoms with Crippen LogP contribution < -0.4 is 5.32 Å². The normalized spacial score (nSPS) is 11.2. The predicted molar refractivity (Wildman–Crippen MR) is 84.8 cm³/mol. The molecule has 1 N–H and O–H groups in total. The van der Waals surface area contributed by atoms with Crippen LogP contribution in [0.4, 0.5) is 0 Å². The van der Waals surface area contributed by atoms with Crippen molar-refractivity contribution in [3.8, 4) is 0 Å². The summed E-state index contributed by atoms with van der Waals surface area (Å²) in [7, 11) is 1.76. The van der Waals surface area contributed by atoms with Crippen LogP contribution in [0.2, 0.25) is 0 Å². The molecule has 1 aromatic carbocycles. The Hall–Kier alpha value is -0.510. The van der Waals surface area contributed by atoms with Gasteiger partial charge in [0.1, 0.15) is 0 Å². The van der Waals surface area contributed by atoms with Crippen molar-refractivity contribution >= 4 is 11.8 Å². The van der Waals surface area contributed by atoms with Gasteiger partial charge in [0.2, 0.25) is 0 Å². The fraction of sp³-hybridized carbons (Fsp3) is 0.625. The van der Waals surface area contributed by atoms with Crippen LogP contribution in [0.25, 0.3) is 0 Å². The molecule has 0 saturated carbocycles. The molecule has 0 amide bonds. The third kappa shape index (κ3) is 8.30. The van der Waals surface area contributed by atoms with Gasteiger partial charge in [-0.15, -0.1) is 11.8 Å². The second-order valence-electron chi connectivity index (χ2n) is 5.22. The van der Waals surface area contributed by atoms with Crippen LogP contribution in [-0.2, 0) is 11.3 Å². The van der Waals surface area contributed by atoms with E-state index in [1.165, 1.54) is 22.6 Å². The minimum atomic E-state index is 0.707. The number of hydrogen-bond acceptors (Lipinski definition) is 3. The van der Waals surface area contributed by atoms with Crippen molar-refractivity contribution in [2.24, 2.45) is 5.92 Å². The highest BCUT2D eigenvalue weighted by atomic mass is 32.2. The monoisotopic (exact) mass is 281 g/mol. The molecule has 1 rings (SSSR count). The van der Waals surface area contributed by atoms with E-state index in [-0.39, 0.29) is 0 Å². The molecule has 0 aliphatic rings. The van der Waals surface area contributed by atoms with Crippen LogP contribution >= 0.6 is 11.8 Å². The average molecular weight is 281 g/mol. The van der Waals surface area contributed by atoms with Crippen LogP contribution in [0.3, 0.4) is 0 Å². The Morgan fingerprint density at radius 2 is 2.11 bits per heavy atom. The predicted octanol–water partition coefficient (Wildman–Crippen LogP) is 3.95. The molecule has 0 fully saturated rings. The van der Waals surface area contributed by atoms with Crippen molar-refractivity contribution < 1.29 is 4.74 Å². The minimum Gasteiger partial charge on any atom is -0.385 e. The van der Waals surface area contributed by atoms with E-state index in [1.807, 2.05) is 11.8 Å². The van der Waals surface area contributed by atoms with Gasteiger partial charge < -0.3 is 10.1 Å². The summed E-state index contributed by atoms with van der Waals surface area (Å²) in [6, 6.07) is 8.85. The molecule has 0 bridgehead atoms. The number of methoxy groups -OCH3 is 1. The number of rotatable bonds is 10. The van der Waals surface area contributed by atoms with E-state index < -0.39 is 0 Å². The first-order chi connectivity index (χ1) is 9.22. The Bertz CT molecular complexity index is 341. The topological polar surface area (TPSA) is 21.3 Å². The Morgan fingerprint density at radius 1 is 1.26 bits per heavy atom. The first kappa shape index (κ1) is 16.5. The zero-order chi connectivity index (χ0) is 13.9. The molecule has 1 aromatic rings. The van der Waals surface area contributed by atoms with E-state index in [0.29, 0.717) is 5.92 Å². The summed E-state index contributed by atoms with van der Waals surface area (Å²) < 4.78 is 5.06. The van der Waals surface area contributed by atoms with Crippen LogP contribution in [-0.4, -0.2) is 26.0 Å². The van der Waals surface area contributed by atoms with Gasteiger partial charge >= 0.3 is 0 Å². The Labute approximate surface area is 122 Å². The van der Waals surface area contributed by atoms with Gasteiger partial charge in [0.05, 0.1) is 0 Å². The standard InChI is InChI=1S/C16H27NOS/c1-14(2)12-17-13-15-7-6-8-16(11-15)19-10-5-4-9-18-3/h6-8,11,14,17H,4-5,9-10,12-13H2,1-3H3. The van der Waals surface area contributed by atoms with Crippen LogP contribution in [0.15, 0.2) is 29.2 Å². The van der Waals surface area contributed by atoms with Crippen molar-refractivity contribution in [3.63, 3.8) is 0 Å². The number of ether oxygens (including phenoxy) is 1. The lowest BCUT2D eigenvalue weighted by Gasteiger charge is -2.08. The fourth-order valence-electron chi connectivity index (χ4n) is 1.79. The molecule has 108 valence electrons. The number of benzene rings is 1. The van der Waals surface area contributed by atoms with E-state index >= 15 is 0 Å². The highest BCUT2D eigenvalue weighted by Gasteiger charge is 1.98. The highest BCUT2D eigenvalue weighted by molar-refractivity contribution is 7.99. The quantitative estimate of drug-likeness (QED) is 0.518. The maximum atomic E-state index is 5.06. The van der Waals surface area contributed by atoms with Gasteiger partial charge in [-0.3, -0.25) is 0 Å². The summed E-state index contributed by atoms with van der Waals surface area (Å²) in [6.45, 7) is 7.39. The molecule has 0 spiro atoms. The van der Waals surface area contributed by atoms with E-state index in [4.69, 9.17) is 4.74 Å². The molecule has 0 unspecified atom stereocenters. The van der Waals surface area contributed by atoms with E-state index in [0.717, 1.165) is 26.1 Å². The first-order valence-electron chi connectivity index (χ1n) is 7.13. The number of nitrogens with one attached hydrogen (secondary N) is 1. The summed E-state index contributed by atoms with van der Waals surface area (Å²) in [4.78, 5) is 1.38. The molecule has 0 saturated heterocycles. The highest BCUT2D eigenvalue weighted by Crippen LogP contribution is 2.20. The first-order valence-corrected chi connectivity index (χ1v) is 8.12. The molecular formula is C16H27NOS. The van der Waals surface area contributed by atoms with Crippen molar-refractivity contribution in [1.29, 1.82) is 0 Å². The van der Waals surface area contributed by atoms with Gasteiger partial charge in [0.25, 0.3) is 0 Å². The summed E-state index contributed by atoms with van der Waals surface area (Å²) in [5.41, 5.74) is 1.38. The minimum absolute atomic E-state index is 0.707. The number of hydrogen-bond donors (Lipinski definition) is 1. The maximum Gasteiger partial charge on any atom is 0.0462 e. The fourth-order valence-corrected chi connectivity index (χ4v) is 2.78. The largest absolute Gasteiger partial charge is 0.385 e. The lowest BCUT2D eigenvalue weighted by atomic mass is 10.2. The molecule has 2 nitrogen and oxygen atoms in total. The molecule has 0 aromatic heterocycles. The lowest BCUT2D eigenvalue weighted by Crippen LogP contribution is -2.18. The smallest absolute Gasteiger partial charge is 0.0462 e. The van der Waals surface area contributed by atoms with Crippen LogP contribution in [0.1, 0.15) is 32.3 Å². The van der Waals surface area contributed by atoms with Crippen LogP contribution in [0, 0.1) is 5.92 Å². The lowest BCUT2D eigenvalue weighted by molar-refractivity contribution is 0.194. The Balaban J connectivity index is 2.27. The van der Waals surface area contributed by atoms with E-state index in [9.17, 15) is 0 Å². The third-order valence-electron chi connectivity index (χ3n) is 2.79. The van der Waals surface area contributed by atoms with Gasteiger partial charge in [-0.05, 0) is 48.8 Å². The van der Waals surface area contributed by atoms with Crippen molar-refractivity contribution in [1.82, 2.24) is 5.32 Å². The summed E-state index contributed by atoms with van der Waals surface area (Å²) in [5, 5.41) is 3.49. The maximum absolute atomic E-state index is 5.06. The van der Waals surface area contributed by atoms with Crippen molar-refractivity contribution in [2.45, 2.75) is 38.1 Å². The van der Waals surface area contributed by atoms with Gasteiger partial charge in [-0.25, -0.2) is 0 Å². The SMILES string of the molecule is COCCCCSc1cccc(CNCC(C)C)c1. The van der Waals surface area contributed by atoms with Crippen molar-refractivity contribution in [2.75, 3.05) is 26.0 Å². The van der Waals surface area contributed by atoms with E-state index in [1.54, 1.807) is 7.11 Å². The summed E-state index contributed by atoms with van der Waals surface area (Å²) in [6.07, 6.45) is 2.37. The van der Waals surface area contributed by atoms with Gasteiger partial charge in [-0.1, -0.05) is 26.0 Å². The van der Waals surface area contributed by atoms with Gasteiger partial charge in [-0.2, -0.15) is 0 Å². The zero-order valence-corrected chi connectivity index (χ0v) is 13.3. The van der Waals surface area contributed by atoms with Gasteiger partial charge in [0.15, 0.2) is 0 Å². The number of unbranched alkanes of at least 4 members (excludes halogenated alkanes) is 1. The Morgan fingerprint density at radius 3 is 2.84 bits per heavy atom. The zero-order valence-electron chi connectivity index (χ0n) is 12.4. The molecule has 0 heterocycles. The molecule has 0 aliphatic heterocycles. The van der Waals surface area contributed by atoms with E-state index in [2.05, 4.69) is 43.4 Å². The van der Waals surface area contributed by atoms with Crippen molar-refractivity contribution in [3.05, 3.63) is 29.8 Å². The Kier molecular flexibility index (Phi) is 8.97. The van der Waals surface area contributed by atoms with Gasteiger partial charge in [0, 0.05) is 25.2 Å².